The van der Waals surface area contributed by atoms with Gasteiger partial charge in [0.1, 0.15) is 0 Å². The third kappa shape index (κ3) is 5.88. The van der Waals surface area contributed by atoms with Crippen LogP contribution in [0.5, 0.6) is 0 Å². The molecule has 0 radical (unpaired) electrons. The van der Waals surface area contributed by atoms with Crippen LogP contribution in [0.3, 0.4) is 0 Å². The van der Waals surface area contributed by atoms with Crippen LogP contribution >= 0.6 is 0 Å². The van der Waals surface area contributed by atoms with Gasteiger partial charge in [-0.2, -0.15) is 8.42 Å². The molecular weight excluding hydrogens is 357 g/mol. The zero-order valence-corrected chi connectivity index (χ0v) is 15.5. The topological polar surface area (TPSA) is 65.5 Å². The summed E-state index contributed by atoms with van der Waals surface area (Å²) in [4.78, 5) is 4.50. The van der Waals surface area contributed by atoms with Gasteiger partial charge in [-0.05, 0) is 13.8 Å². The molecule has 7 heteroatoms. The van der Waals surface area contributed by atoms with Crippen molar-refractivity contribution in [2.24, 2.45) is 0 Å². The predicted octanol–water partition coefficient (Wildman–Crippen LogP) is 2.52. The molecule has 1 aromatic carbocycles. The molecule has 0 saturated carbocycles. The fourth-order valence-electron chi connectivity index (χ4n) is 1.62. The summed E-state index contributed by atoms with van der Waals surface area (Å²) in [5, 5.41) is 0. The summed E-state index contributed by atoms with van der Waals surface area (Å²) in [6, 6.07) is 4.48. The molecule has 0 aliphatic heterocycles. The van der Waals surface area contributed by atoms with Crippen molar-refractivity contribution in [1.29, 1.82) is 0 Å². The van der Waals surface area contributed by atoms with E-state index in [1.54, 1.807) is 13.8 Å². The minimum atomic E-state index is -3.68. The van der Waals surface area contributed by atoms with Crippen molar-refractivity contribution in [1.82, 2.24) is 4.98 Å². The summed E-state index contributed by atoms with van der Waals surface area (Å²) in [7, 11) is -3.68. The Morgan fingerprint density at radius 3 is 2.10 bits per heavy atom. The van der Waals surface area contributed by atoms with E-state index >= 15 is 0 Å². The van der Waals surface area contributed by atoms with Crippen LogP contribution < -0.4 is 0 Å². The Balaban J connectivity index is 0.000000222. The quantitative estimate of drug-likeness (QED) is 0.765. The molecule has 0 spiro atoms. The fraction of sp³-hybridized carbons (Fsp3) is 0.500. The number of nitrogens with zero attached hydrogens (tertiary/aromatic N) is 1. The molecule has 118 valence electrons. The van der Waals surface area contributed by atoms with Crippen LogP contribution in [0.2, 0.25) is 0 Å². The van der Waals surface area contributed by atoms with Crippen molar-refractivity contribution in [3.63, 3.8) is 0 Å². The van der Waals surface area contributed by atoms with E-state index in [4.69, 9.17) is 0 Å². The van der Waals surface area contributed by atoms with Crippen molar-refractivity contribution >= 4 is 34.7 Å². The molecule has 0 saturated heterocycles. The summed E-state index contributed by atoms with van der Waals surface area (Å²) in [6.45, 7) is 9.81. The van der Waals surface area contributed by atoms with E-state index in [-0.39, 0.29) is 13.2 Å². The molecule has 0 N–H and O–H groups in total. The number of aromatic nitrogens is 1. The Kier molecular flexibility index (Phi) is 7.03. The van der Waals surface area contributed by atoms with E-state index in [0.717, 1.165) is 0 Å². The van der Waals surface area contributed by atoms with Crippen molar-refractivity contribution in [2.45, 2.75) is 34.6 Å². The van der Waals surface area contributed by atoms with Crippen LogP contribution in [0.15, 0.2) is 12.1 Å². The maximum atomic E-state index is 10.4. The molecule has 0 amide bonds. The Bertz CT molecular complexity index is 643. The SMILES string of the molecule is CCOS(=O)(=O)OCC.Cc1nc2cc(C)c(C)cc2[se]1. The number of fused-ring (bicyclic) bond motifs is 1. The first kappa shape index (κ1) is 18.3. The Morgan fingerprint density at radius 1 is 1.05 bits per heavy atom. The molecule has 5 nitrogen and oxygen atoms in total. The van der Waals surface area contributed by atoms with Gasteiger partial charge >= 0.3 is 88.3 Å². The van der Waals surface area contributed by atoms with E-state index in [0.29, 0.717) is 14.5 Å². The van der Waals surface area contributed by atoms with Gasteiger partial charge in [0, 0.05) is 0 Å². The van der Waals surface area contributed by atoms with E-state index in [2.05, 4.69) is 46.3 Å². The Labute approximate surface area is 132 Å². The molecule has 0 fully saturated rings. The second kappa shape index (κ2) is 8.06. The van der Waals surface area contributed by atoms with Crippen molar-refractivity contribution in [2.75, 3.05) is 13.2 Å². The van der Waals surface area contributed by atoms with Gasteiger partial charge in [0.2, 0.25) is 0 Å². The Hall–Kier alpha value is -0.721. The average Bonchev–Trinajstić information content (AvgIpc) is 2.69. The standard InChI is InChI=1S/C10H11NSe.C4H10O4S/c1-6-4-9-10(5-7(6)2)12-8(3)11-9;1-3-7-9(5,6)8-4-2/h4-5H,1-3H3;3-4H2,1-2H3. The van der Waals surface area contributed by atoms with Gasteiger partial charge in [0.05, 0.1) is 13.2 Å². The summed E-state index contributed by atoms with van der Waals surface area (Å²) in [5.74, 6) is 0. The molecule has 0 aliphatic rings. The zero-order chi connectivity index (χ0) is 16.0. The van der Waals surface area contributed by atoms with Crippen LogP contribution in [-0.4, -0.2) is 41.1 Å². The van der Waals surface area contributed by atoms with Gasteiger partial charge in [-0.15, -0.1) is 0 Å². The molecular formula is C14H21NO4SSe. The number of aryl methyl sites for hydroxylation is 3. The number of hydrogen-bond donors (Lipinski definition) is 0. The van der Waals surface area contributed by atoms with Gasteiger partial charge in [0.15, 0.2) is 0 Å². The molecule has 2 rings (SSSR count). The van der Waals surface area contributed by atoms with Crippen LogP contribution in [0.25, 0.3) is 9.78 Å². The van der Waals surface area contributed by atoms with E-state index < -0.39 is 10.4 Å². The van der Waals surface area contributed by atoms with Crippen LogP contribution in [0.1, 0.15) is 29.5 Å². The first-order valence-corrected chi connectivity index (χ1v) is 9.71. The first-order chi connectivity index (χ1) is 9.79. The van der Waals surface area contributed by atoms with Crippen LogP contribution in [-0.2, 0) is 18.8 Å². The van der Waals surface area contributed by atoms with Crippen molar-refractivity contribution < 1.29 is 16.8 Å². The fourth-order valence-corrected chi connectivity index (χ4v) is 4.17. The van der Waals surface area contributed by atoms with Gasteiger partial charge in [-0.1, -0.05) is 0 Å². The predicted molar refractivity (Wildman–Crippen MR) is 85.1 cm³/mol. The summed E-state index contributed by atoms with van der Waals surface area (Å²) in [6.07, 6.45) is 0. The van der Waals surface area contributed by atoms with Crippen LogP contribution in [0, 0.1) is 20.8 Å². The minimum absolute atomic E-state index is 0.113. The molecule has 2 aromatic rings. The van der Waals surface area contributed by atoms with Gasteiger partial charge in [-0.3, -0.25) is 0 Å². The third-order valence-corrected chi connectivity index (χ3v) is 5.64. The van der Waals surface area contributed by atoms with Gasteiger partial charge < -0.3 is 0 Å². The number of hydrogen-bond acceptors (Lipinski definition) is 5. The van der Waals surface area contributed by atoms with Crippen molar-refractivity contribution in [3.8, 4) is 0 Å². The van der Waals surface area contributed by atoms with E-state index in [1.807, 2.05) is 0 Å². The third-order valence-electron chi connectivity index (χ3n) is 2.64. The molecule has 1 aromatic heterocycles. The van der Waals surface area contributed by atoms with Gasteiger partial charge in [-0.25, -0.2) is 8.37 Å². The van der Waals surface area contributed by atoms with E-state index in [1.165, 1.54) is 25.5 Å². The summed E-state index contributed by atoms with van der Waals surface area (Å²) in [5.41, 5.74) is 3.94. The maximum absolute atomic E-state index is 10.4. The second-order valence-electron chi connectivity index (χ2n) is 4.36. The average molecular weight is 378 g/mol. The number of benzene rings is 1. The molecule has 1 heterocycles. The van der Waals surface area contributed by atoms with Crippen molar-refractivity contribution in [3.05, 3.63) is 27.8 Å². The monoisotopic (exact) mass is 379 g/mol. The molecule has 0 atom stereocenters. The van der Waals surface area contributed by atoms with Crippen LogP contribution in [0.4, 0.5) is 0 Å². The van der Waals surface area contributed by atoms with Gasteiger partial charge in [0.25, 0.3) is 0 Å². The molecule has 0 bridgehead atoms. The summed E-state index contributed by atoms with van der Waals surface area (Å²) < 4.78 is 32.0. The zero-order valence-electron chi connectivity index (χ0n) is 13.0. The second-order valence-corrected chi connectivity index (χ2v) is 8.24. The normalized spacial score (nSPS) is 11.3. The van der Waals surface area contributed by atoms with E-state index in [9.17, 15) is 8.42 Å². The molecule has 21 heavy (non-hydrogen) atoms. The Morgan fingerprint density at radius 2 is 1.57 bits per heavy atom. The summed E-state index contributed by atoms with van der Waals surface area (Å²) >= 11 is 0.494. The molecule has 0 aliphatic carbocycles. The number of rotatable bonds is 4. The first-order valence-electron chi connectivity index (χ1n) is 6.67. The molecule has 0 unspecified atom stereocenters.